The molecule has 0 saturated carbocycles. The second kappa shape index (κ2) is 8.09. The Balaban J connectivity index is 4.08. The summed E-state index contributed by atoms with van der Waals surface area (Å²) in [4.78, 5) is 25.0. The molecule has 0 aromatic heterocycles. The molecule has 0 spiro atoms. The SMILES string of the molecule is CC(C)N(C)CCCNC(=O)NC(C(=O)O)C(C)(C)C. The van der Waals surface area contributed by atoms with Gasteiger partial charge in [-0.1, -0.05) is 20.8 Å². The molecule has 0 aromatic rings. The van der Waals surface area contributed by atoms with Gasteiger partial charge in [0.05, 0.1) is 0 Å². The van der Waals surface area contributed by atoms with Gasteiger partial charge in [-0.3, -0.25) is 0 Å². The number of urea groups is 1. The van der Waals surface area contributed by atoms with Crippen molar-refractivity contribution < 1.29 is 14.7 Å². The Morgan fingerprint density at radius 1 is 1.25 bits per heavy atom. The van der Waals surface area contributed by atoms with E-state index in [0.29, 0.717) is 12.6 Å². The number of carbonyl (C=O) groups is 2. The molecule has 1 unspecified atom stereocenters. The first-order chi connectivity index (χ1) is 9.05. The molecule has 0 radical (unpaired) electrons. The second-order valence-corrected chi connectivity index (χ2v) is 6.47. The van der Waals surface area contributed by atoms with E-state index in [4.69, 9.17) is 5.11 Å². The minimum absolute atomic E-state index is 0.431. The predicted octanol–water partition coefficient (Wildman–Crippen LogP) is 1.52. The molecule has 2 amide bonds. The van der Waals surface area contributed by atoms with Crippen LogP contribution in [0.15, 0.2) is 0 Å². The van der Waals surface area contributed by atoms with E-state index in [1.54, 1.807) is 20.8 Å². The minimum Gasteiger partial charge on any atom is -0.480 e. The van der Waals surface area contributed by atoms with Crippen LogP contribution in [0.25, 0.3) is 0 Å². The maximum atomic E-state index is 11.7. The Bertz CT molecular complexity index is 324. The van der Waals surface area contributed by atoms with E-state index < -0.39 is 23.5 Å². The summed E-state index contributed by atoms with van der Waals surface area (Å²) >= 11 is 0. The predicted molar refractivity (Wildman–Crippen MR) is 79.8 cm³/mol. The smallest absolute Gasteiger partial charge is 0.326 e. The van der Waals surface area contributed by atoms with E-state index in [9.17, 15) is 9.59 Å². The fourth-order valence-electron chi connectivity index (χ4n) is 1.62. The van der Waals surface area contributed by atoms with Crippen molar-refractivity contribution in [3.8, 4) is 0 Å². The zero-order valence-electron chi connectivity index (χ0n) is 13.5. The third kappa shape index (κ3) is 7.33. The zero-order chi connectivity index (χ0) is 15.9. The molecule has 1 atom stereocenters. The molecule has 0 aliphatic heterocycles. The van der Waals surface area contributed by atoms with E-state index >= 15 is 0 Å². The topological polar surface area (TPSA) is 81.7 Å². The molecule has 0 aliphatic carbocycles. The van der Waals surface area contributed by atoms with Gasteiger partial charge in [0.1, 0.15) is 6.04 Å². The Morgan fingerprint density at radius 2 is 1.80 bits per heavy atom. The Morgan fingerprint density at radius 3 is 2.20 bits per heavy atom. The lowest BCUT2D eigenvalue weighted by Crippen LogP contribution is -2.52. The highest BCUT2D eigenvalue weighted by atomic mass is 16.4. The quantitative estimate of drug-likeness (QED) is 0.620. The van der Waals surface area contributed by atoms with Crippen LogP contribution in [0.2, 0.25) is 0 Å². The maximum absolute atomic E-state index is 11.7. The summed E-state index contributed by atoms with van der Waals surface area (Å²) in [5.41, 5.74) is -0.527. The van der Waals surface area contributed by atoms with Gasteiger partial charge in [0.15, 0.2) is 0 Å². The number of carboxylic acids is 1. The molecular formula is C14H29N3O3. The zero-order valence-corrected chi connectivity index (χ0v) is 13.5. The van der Waals surface area contributed by atoms with Gasteiger partial charge in [-0.25, -0.2) is 9.59 Å². The molecule has 0 aliphatic rings. The average Bonchev–Trinajstić information content (AvgIpc) is 2.29. The Labute approximate surface area is 121 Å². The lowest BCUT2D eigenvalue weighted by atomic mass is 9.87. The van der Waals surface area contributed by atoms with Crippen LogP contribution in [0.4, 0.5) is 4.79 Å². The van der Waals surface area contributed by atoms with E-state index in [1.165, 1.54) is 0 Å². The normalized spacial score (nSPS) is 13.4. The average molecular weight is 287 g/mol. The van der Waals surface area contributed by atoms with Crippen LogP contribution in [0.3, 0.4) is 0 Å². The molecule has 6 nitrogen and oxygen atoms in total. The van der Waals surface area contributed by atoms with E-state index in [0.717, 1.165) is 13.0 Å². The highest BCUT2D eigenvalue weighted by Crippen LogP contribution is 2.19. The van der Waals surface area contributed by atoms with Gasteiger partial charge in [0.2, 0.25) is 0 Å². The van der Waals surface area contributed by atoms with Crippen molar-refractivity contribution in [1.82, 2.24) is 15.5 Å². The fourth-order valence-corrected chi connectivity index (χ4v) is 1.62. The number of carbonyl (C=O) groups excluding carboxylic acids is 1. The van der Waals surface area contributed by atoms with Crippen LogP contribution >= 0.6 is 0 Å². The van der Waals surface area contributed by atoms with Crippen LogP contribution in [-0.2, 0) is 4.79 Å². The van der Waals surface area contributed by atoms with Crippen molar-refractivity contribution in [2.75, 3.05) is 20.1 Å². The van der Waals surface area contributed by atoms with Gasteiger partial charge in [0.25, 0.3) is 0 Å². The van der Waals surface area contributed by atoms with Gasteiger partial charge >= 0.3 is 12.0 Å². The van der Waals surface area contributed by atoms with Crippen LogP contribution in [0.5, 0.6) is 0 Å². The number of carboxylic acid groups (broad SMARTS) is 1. The number of aliphatic carboxylic acids is 1. The van der Waals surface area contributed by atoms with Gasteiger partial charge in [0, 0.05) is 12.6 Å². The number of nitrogens with zero attached hydrogens (tertiary/aromatic N) is 1. The number of nitrogens with one attached hydrogen (secondary N) is 2. The monoisotopic (exact) mass is 287 g/mol. The summed E-state index contributed by atoms with van der Waals surface area (Å²) in [5.74, 6) is -1.02. The lowest BCUT2D eigenvalue weighted by Gasteiger charge is -2.27. The fraction of sp³-hybridized carbons (Fsp3) is 0.857. The first-order valence-corrected chi connectivity index (χ1v) is 7.03. The van der Waals surface area contributed by atoms with Gasteiger partial charge in [-0.2, -0.15) is 0 Å². The van der Waals surface area contributed by atoms with Crippen molar-refractivity contribution in [2.24, 2.45) is 5.41 Å². The summed E-state index contributed by atoms with van der Waals surface area (Å²) in [5, 5.41) is 14.3. The molecule has 6 heteroatoms. The van der Waals surface area contributed by atoms with E-state index in [-0.39, 0.29) is 0 Å². The maximum Gasteiger partial charge on any atom is 0.326 e. The molecular weight excluding hydrogens is 258 g/mol. The van der Waals surface area contributed by atoms with Crippen molar-refractivity contribution >= 4 is 12.0 Å². The molecule has 0 saturated heterocycles. The van der Waals surface area contributed by atoms with Crippen LogP contribution < -0.4 is 10.6 Å². The molecule has 0 fully saturated rings. The van der Waals surface area contributed by atoms with Crippen molar-refractivity contribution in [3.05, 3.63) is 0 Å². The highest BCUT2D eigenvalue weighted by Gasteiger charge is 2.32. The van der Waals surface area contributed by atoms with Gasteiger partial charge in [-0.05, 0) is 39.3 Å². The number of amides is 2. The summed E-state index contributed by atoms with van der Waals surface area (Å²) in [6.07, 6.45) is 0.829. The van der Waals surface area contributed by atoms with Crippen LogP contribution in [-0.4, -0.2) is 54.2 Å². The van der Waals surface area contributed by atoms with Crippen LogP contribution in [0.1, 0.15) is 41.0 Å². The number of hydrogen-bond donors (Lipinski definition) is 3. The number of rotatable bonds is 7. The first-order valence-electron chi connectivity index (χ1n) is 7.03. The summed E-state index contributed by atoms with van der Waals surface area (Å²) in [6.45, 7) is 11.0. The van der Waals surface area contributed by atoms with Crippen molar-refractivity contribution in [3.63, 3.8) is 0 Å². The van der Waals surface area contributed by atoms with Gasteiger partial charge in [-0.15, -0.1) is 0 Å². The second-order valence-electron chi connectivity index (χ2n) is 6.47. The molecule has 0 rings (SSSR count). The molecule has 20 heavy (non-hydrogen) atoms. The third-order valence-electron chi connectivity index (χ3n) is 3.24. The molecule has 0 bridgehead atoms. The standard InChI is InChI=1S/C14H29N3O3/c1-10(2)17(6)9-7-8-15-13(20)16-11(12(18)19)14(3,4)5/h10-11H,7-9H2,1-6H3,(H,18,19)(H2,15,16,20). The third-order valence-corrected chi connectivity index (χ3v) is 3.24. The van der Waals surface area contributed by atoms with Crippen LogP contribution in [0, 0.1) is 5.41 Å². The van der Waals surface area contributed by atoms with E-state index in [1.807, 2.05) is 7.05 Å². The Hall–Kier alpha value is -1.30. The van der Waals surface area contributed by atoms with E-state index in [2.05, 4.69) is 29.4 Å². The highest BCUT2D eigenvalue weighted by molar-refractivity contribution is 5.83. The molecule has 3 N–H and O–H groups in total. The number of hydrogen-bond acceptors (Lipinski definition) is 3. The summed E-state index contributed by atoms with van der Waals surface area (Å²) < 4.78 is 0. The van der Waals surface area contributed by atoms with Gasteiger partial charge < -0.3 is 20.6 Å². The van der Waals surface area contributed by atoms with Crippen molar-refractivity contribution in [1.29, 1.82) is 0 Å². The molecule has 118 valence electrons. The largest absolute Gasteiger partial charge is 0.480 e. The minimum atomic E-state index is -1.02. The lowest BCUT2D eigenvalue weighted by molar-refractivity contribution is -0.141. The first kappa shape index (κ1) is 18.7. The summed E-state index contributed by atoms with van der Waals surface area (Å²) in [7, 11) is 2.03. The molecule has 0 aromatic carbocycles. The Kier molecular flexibility index (Phi) is 7.57. The molecule has 0 heterocycles. The summed E-state index contributed by atoms with van der Waals surface area (Å²) in [6, 6.07) is -0.860. The van der Waals surface area contributed by atoms with Crippen molar-refractivity contribution in [2.45, 2.75) is 53.1 Å².